The van der Waals surface area contributed by atoms with Crippen molar-refractivity contribution in [3.05, 3.63) is 28.2 Å². The smallest absolute Gasteiger partial charge is 0.405 e. The Balaban J connectivity index is 2.99. The first-order chi connectivity index (χ1) is 9.24. The number of benzene rings is 1. The Morgan fingerprint density at radius 1 is 1.40 bits per heavy atom. The molecule has 0 aromatic heterocycles. The molecule has 0 aliphatic carbocycles. The van der Waals surface area contributed by atoms with Gasteiger partial charge in [0, 0.05) is 10.0 Å². The minimum absolute atomic E-state index is 0.125. The molecular weight excluding hydrogens is 339 g/mol. The number of hydrogen-bond donors (Lipinski definition) is 2. The van der Waals surface area contributed by atoms with E-state index in [1.54, 1.807) is 0 Å². The van der Waals surface area contributed by atoms with E-state index >= 15 is 0 Å². The molecule has 0 saturated carbocycles. The molecule has 0 bridgehead atoms. The summed E-state index contributed by atoms with van der Waals surface area (Å²) in [5, 5.41) is 9.94. The van der Waals surface area contributed by atoms with E-state index in [-0.39, 0.29) is 11.3 Å². The molecule has 1 aromatic rings. The molecule has 3 N–H and O–H groups in total. The summed E-state index contributed by atoms with van der Waals surface area (Å²) in [6.45, 7) is 1.95. The van der Waals surface area contributed by atoms with Crippen LogP contribution < -0.4 is 10.5 Å². The molecule has 1 aromatic carbocycles. The van der Waals surface area contributed by atoms with Gasteiger partial charge in [0.15, 0.2) is 0 Å². The largest absolute Gasteiger partial charge is 0.573 e. The average Bonchev–Trinajstić information content (AvgIpc) is 2.35. The Labute approximate surface area is 124 Å². The third-order valence-electron chi connectivity index (χ3n) is 2.82. The van der Waals surface area contributed by atoms with Gasteiger partial charge in [0.05, 0.1) is 12.1 Å². The molecule has 0 spiro atoms. The van der Waals surface area contributed by atoms with Crippen LogP contribution in [0.5, 0.6) is 5.75 Å². The SMILES string of the molecule is CCCC[C@H](O)[C@H](N)c1cc(Br)ccc1OC(F)(F)F. The van der Waals surface area contributed by atoms with E-state index in [1.807, 2.05) is 6.92 Å². The van der Waals surface area contributed by atoms with Crippen molar-refractivity contribution in [3.8, 4) is 5.75 Å². The second-order valence-corrected chi connectivity index (χ2v) is 5.38. The first-order valence-electron chi connectivity index (χ1n) is 6.23. The Hall–Kier alpha value is -0.790. The minimum Gasteiger partial charge on any atom is -0.405 e. The molecule has 1 rings (SSSR count). The number of aliphatic hydroxyl groups excluding tert-OH is 1. The number of nitrogens with two attached hydrogens (primary N) is 1. The van der Waals surface area contributed by atoms with Crippen molar-refractivity contribution in [2.24, 2.45) is 5.73 Å². The molecule has 0 aliphatic rings. The van der Waals surface area contributed by atoms with Gasteiger partial charge < -0.3 is 15.6 Å². The van der Waals surface area contributed by atoms with E-state index in [1.165, 1.54) is 18.2 Å². The number of halogens is 4. The lowest BCUT2D eigenvalue weighted by atomic mass is 9.97. The van der Waals surface area contributed by atoms with Crippen LogP contribution in [0.3, 0.4) is 0 Å². The zero-order valence-corrected chi connectivity index (χ0v) is 12.5. The molecular formula is C13H17BrF3NO2. The summed E-state index contributed by atoms with van der Waals surface area (Å²) in [5.41, 5.74) is 5.97. The lowest BCUT2D eigenvalue weighted by molar-refractivity contribution is -0.275. The standard InChI is InChI=1S/C13H17BrF3NO2/c1-2-3-4-10(19)12(18)9-7-8(14)5-6-11(9)20-13(15,16)17/h5-7,10,12,19H,2-4,18H2,1H3/t10-,12+/m0/s1. The summed E-state index contributed by atoms with van der Waals surface area (Å²) in [6.07, 6.45) is -3.67. The van der Waals surface area contributed by atoms with Crippen LogP contribution in [0.4, 0.5) is 13.2 Å². The number of aliphatic hydroxyl groups is 1. The highest BCUT2D eigenvalue weighted by atomic mass is 79.9. The van der Waals surface area contributed by atoms with E-state index < -0.39 is 18.5 Å². The third kappa shape index (κ3) is 5.30. The van der Waals surface area contributed by atoms with Crippen molar-refractivity contribution >= 4 is 15.9 Å². The fourth-order valence-electron chi connectivity index (χ4n) is 1.80. The molecule has 114 valence electrons. The lowest BCUT2D eigenvalue weighted by Crippen LogP contribution is -2.28. The molecule has 7 heteroatoms. The molecule has 0 saturated heterocycles. The van der Waals surface area contributed by atoms with Gasteiger partial charge in [-0.05, 0) is 24.6 Å². The quantitative estimate of drug-likeness (QED) is 0.813. The van der Waals surface area contributed by atoms with Crippen LogP contribution in [0, 0.1) is 0 Å². The minimum atomic E-state index is -4.79. The summed E-state index contributed by atoms with van der Waals surface area (Å²) in [6, 6.07) is 3.10. The molecule has 0 amide bonds. The molecule has 20 heavy (non-hydrogen) atoms. The highest BCUT2D eigenvalue weighted by molar-refractivity contribution is 9.10. The molecule has 0 fully saturated rings. The summed E-state index contributed by atoms with van der Waals surface area (Å²) in [7, 11) is 0. The van der Waals surface area contributed by atoms with E-state index in [0.717, 1.165) is 12.8 Å². The Morgan fingerprint density at radius 3 is 2.60 bits per heavy atom. The zero-order chi connectivity index (χ0) is 15.3. The Bertz CT molecular complexity index is 440. The molecule has 0 heterocycles. The van der Waals surface area contributed by atoms with Crippen molar-refractivity contribution in [1.82, 2.24) is 0 Å². The first kappa shape index (κ1) is 17.3. The van der Waals surface area contributed by atoms with Gasteiger partial charge in [-0.15, -0.1) is 13.2 Å². The number of ether oxygens (including phenoxy) is 1. The van der Waals surface area contributed by atoms with Gasteiger partial charge in [-0.1, -0.05) is 35.7 Å². The van der Waals surface area contributed by atoms with Gasteiger partial charge in [0.25, 0.3) is 0 Å². The predicted octanol–water partition coefficient (Wildman–Crippen LogP) is 3.90. The number of unbranched alkanes of at least 4 members (excludes halogenated alkanes) is 1. The number of rotatable bonds is 6. The fraction of sp³-hybridized carbons (Fsp3) is 0.538. The highest BCUT2D eigenvalue weighted by Crippen LogP contribution is 2.33. The summed E-state index contributed by atoms with van der Waals surface area (Å²) >= 11 is 3.17. The van der Waals surface area contributed by atoms with E-state index in [9.17, 15) is 18.3 Å². The Kier molecular flexibility index (Phi) is 6.29. The highest BCUT2D eigenvalue weighted by Gasteiger charge is 2.33. The molecule has 0 unspecified atom stereocenters. The van der Waals surface area contributed by atoms with Crippen LogP contribution in [0.2, 0.25) is 0 Å². The van der Waals surface area contributed by atoms with Crippen molar-refractivity contribution in [1.29, 1.82) is 0 Å². The van der Waals surface area contributed by atoms with E-state index in [4.69, 9.17) is 5.73 Å². The van der Waals surface area contributed by atoms with Crippen molar-refractivity contribution in [2.75, 3.05) is 0 Å². The first-order valence-corrected chi connectivity index (χ1v) is 7.02. The maximum Gasteiger partial charge on any atom is 0.573 e. The average molecular weight is 356 g/mol. The van der Waals surface area contributed by atoms with Gasteiger partial charge in [-0.3, -0.25) is 0 Å². The van der Waals surface area contributed by atoms with Crippen LogP contribution in [0.15, 0.2) is 22.7 Å². The molecule has 3 nitrogen and oxygen atoms in total. The molecule has 0 aliphatic heterocycles. The van der Waals surface area contributed by atoms with Gasteiger partial charge in [-0.2, -0.15) is 0 Å². The van der Waals surface area contributed by atoms with Crippen LogP contribution in [-0.2, 0) is 0 Å². The van der Waals surface area contributed by atoms with Gasteiger partial charge >= 0.3 is 6.36 Å². The van der Waals surface area contributed by atoms with Gasteiger partial charge in [0.2, 0.25) is 0 Å². The van der Waals surface area contributed by atoms with Gasteiger partial charge in [-0.25, -0.2) is 0 Å². The maximum atomic E-state index is 12.4. The predicted molar refractivity (Wildman–Crippen MR) is 73.3 cm³/mol. The summed E-state index contributed by atoms with van der Waals surface area (Å²) in [4.78, 5) is 0. The fourth-order valence-corrected chi connectivity index (χ4v) is 2.18. The van der Waals surface area contributed by atoms with Crippen molar-refractivity contribution in [2.45, 2.75) is 44.7 Å². The second kappa shape index (κ2) is 7.28. The van der Waals surface area contributed by atoms with Crippen molar-refractivity contribution in [3.63, 3.8) is 0 Å². The van der Waals surface area contributed by atoms with E-state index in [2.05, 4.69) is 20.7 Å². The van der Waals surface area contributed by atoms with Crippen LogP contribution in [0.25, 0.3) is 0 Å². The number of hydrogen-bond acceptors (Lipinski definition) is 3. The third-order valence-corrected chi connectivity index (χ3v) is 3.32. The van der Waals surface area contributed by atoms with Crippen LogP contribution in [0.1, 0.15) is 37.8 Å². The summed E-state index contributed by atoms with van der Waals surface area (Å²) < 4.78 is 41.6. The topological polar surface area (TPSA) is 55.5 Å². The Morgan fingerprint density at radius 2 is 2.05 bits per heavy atom. The van der Waals surface area contributed by atoms with Crippen molar-refractivity contribution < 1.29 is 23.0 Å². The lowest BCUT2D eigenvalue weighted by Gasteiger charge is -2.22. The maximum absolute atomic E-state index is 12.4. The van der Waals surface area contributed by atoms with Crippen LogP contribution in [-0.4, -0.2) is 17.6 Å². The normalized spacial score (nSPS) is 14.9. The second-order valence-electron chi connectivity index (χ2n) is 4.47. The zero-order valence-electron chi connectivity index (χ0n) is 11.0. The summed E-state index contributed by atoms with van der Waals surface area (Å²) in [5.74, 6) is -0.385. The molecule has 0 radical (unpaired) electrons. The number of alkyl halides is 3. The monoisotopic (exact) mass is 355 g/mol. The van der Waals surface area contributed by atoms with E-state index in [0.29, 0.717) is 10.9 Å². The van der Waals surface area contributed by atoms with Gasteiger partial charge in [0.1, 0.15) is 5.75 Å². The molecule has 2 atom stereocenters. The van der Waals surface area contributed by atoms with Crippen LogP contribution >= 0.6 is 15.9 Å².